The summed E-state index contributed by atoms with van der Waals surface area (Å²) in [5, 5.41) is 17.3. The first kappa shape index (κ1) is 14.2. The largest absolute Gasteiger partial charge is 0.489 e. The normalized spacial score (nSPS) is 12.1. The van der Waals surface area contributed by atoms with E-state index in [9.17, 15) is 0 Å². The standard InChI is InChI=1S/C14H19N5O/c1-10(2)9-20-13-7-5-4-6-12(13)8-15-11(3)14-16-18-19-17-14/h4-7,11,15H,1,8-9H2,2-3H3,(H,16,17,18,19). The number of aromatic nitrogens is 4. The van der Waals surface area contributed by atoms with E-state index in [2.05, 4.69) is 32.5 Å². The van der Waals surface area contributed by atoms with Crippen molar-refractivity contribution in [3.63, 3.8) is 0 Å². The number of nitrogens with one attached hydrogen (secondary N) is 2. The Morgan fingerprint density at radius 1 is 1.45 bits per heavy atom. The number of ether oxygens (including phenoxy) is 1. The number of hydrogen-bond donors (Lipinski definition) is 2. The van der Waals surface area contributed by atoms with E-state index in [0.717, 1.165) is 16.9 Å². The van der Waals surface area contributed by atoms with E-state index in [0.29, 0.717) is 19.0 Å². The number of benzene rings is 1. The zero-order chi connectivity index (χ0) is 14.4. The number of hydrogen-bond acceptors (Lipinski definition) is 5. The molecule has 1 unspecified atom stereocenters. The van der Waals surface area contributed by atoms with Crippen molar-refractivity contribution < 1.29 is 4.74 Å². The third-order valence-corrected chi connectivity index (χ3v) is 2.79. The molecule has 2 rings (SSSR count). The van der Waals surface area contributed by atoms with Crippen molar-refractivity contribution in [1.29, 1.82) is 0 Å². The average Bonchev–Trinajstić information content (AvgIpc) is 2.97. The number of nitrogens with zero attached hydrogens (tertiary/aromatic N) is 3. The van der Waals surface area contributed by atoms with Crippen LogP contribution >= 0.6 is 0 Å². The van der Waals surface area contributed by atoms with Crippen LogP contribution in [0.4, 0.5) is 0 Å². The van der Waals surface area contributed by atoms with E-state index in [1.54, 1.807) is 0 Å². The SMILES string of the molecule is C=C(C)COc1ccccc1CNC(C)c1nn[nH]n1. The maximum Gasteiger partial charge on any atom is 0.191 e. The second kappa shape index (κ2) is 6.81. The van der Waals surface area contributed by atoms with Crippen LogP contribution in [0.2, 0.25) is 0 Å². The molecule has 0 spiro atoms. The van der Waals surface area contributed by atoms with Crippen molar-refractivity contribution in [3.05, 3.63) is 47.8 Å². The fraction of sp³-hybridized carbons (Fsp3) is 0.357. The van der Waals surface area contributed by atoms with Crippen LogP contribution in [-0.4, -0.2) is 27.2 Å². The highest BCUT2D eigenvalue weighted by Crippen LogP contribution is 2.19. The Bertz CT molecular complexity index is 552. The van der Waals surface area contributed by atoms with Gasteiger partial charge in [0.25, 0.3) is 0 Å². The smallest absolute Gasteiger partial charge is 0.191 e. The summed E-state index contributed by atoms with van der Waals surface area (Å²) in [6, 6.07) is 7.95. The Kier molecular flexibility index (Phi) is 4.84. The molecule has 2 aromatic rings. The van der Waals surface area contributed by atoms with Crippen molar-refractivity contribution in [3.8, 4) is 5.75 Å². The van der Waals surface area contributed by atoms with E-state index in [1.165, 1.54) is 0 Å². The molecule has 1 atom stereocenters. The fourth-order valence-corrected chi connectivity index (χ4v) is 1.70. The number of para-hydroxylation sites is 1. The molecule has 20 heavy (non-hydrogen) atoms. The molecule has 0 bridgehead atoms. The molecule has 106 valence electrons. The summed E-state index contributed by atoms with van der Waals surface area (Å²) < 4.78 is 5.73. The van der Waals surface area contributed by atoms with Crippen molar-refractivity contribution in [2.75, 3.05) is 6.61 Å². The van der Waals surface area contributed by atoms with Crippen LogP contribution in [0.25, 0.3) is 0 Å². The van der Waals surface area contributed by atoms with Gasteiger partial charge in [-0.05, 0) is 25.5 Å². The molecule has 6 heteroatoms. The number of aromatic amines is 1. The second-order valence-electron chi connectivity index (χ2n) is 4.73. The summed E-state index contributed by atoms with van der Waals surface area (Å²) in [6.45, 7) is 8.97. The lowest BCUT2D eigenvalue weighted by atomic mass is 10.2. The van der Waals surface area contributed by atoms with Gasteiger partial charge in [-0.2, -0.15) is 5.21 Å². The predicted octanol–water partition coefficient (Wildman–Crippen LogP) is 2.01. The van der Waals surface area contributed by atoms with Gasteiger partial charge in [0.15, 0.2) is 5.82 Å². The van der Waals surface area contributed by atoms with E-state index in [1.807, 2.05) is 38.1 Å². The fourth-order valence-electron chi connectivity index (χ4n) is 1.70. The zero-order valence-electron chi connectivity index (χ0n) is 11.8. The molecule has 0 fully saturated rings. The summed E-state index contributed by atoms with van der Waals surface area (Å²) in [7, 11) is 0. The Morgan fingerprint density at radius 3 is 2.95 bits per heavy atom. The van der Waals surface area contributed by atoms with Gasteiger partial charge < -0.3 is 10.1 Å². The van der Waals surface area contributed by atoms with Gasteiger partial charge in [0.1, 0.15) is 12.4 Å². The quantitative estimate of drug-likeness (QED) is 0.755. The van der Waals surface area contributed by atoms with Crippen LogP contribution in [0.3, 0.4) is 0 Å². The first-order valence-electron chi connectivity index (χ1n) is 6.48. The van der Waals surface area contributed by atoms with E-state index >= 15 is 0 Å². The van der Waals surface area contributed by atoms with E-state index < -0.39 is 0 Å². The lowest BCUT2D eigenvalue weighted by Crippen LogP contribution is -2.19. The highest BCUT2D eigenvalue weighted by Gasteiger charge is 2.10. The molecule has 1 aromatic heterocycles. The van der Waals surface area contributed by atoms with Crippen LogP contribution in [-0.2, 0) is 6.54 Å². The van der Waals surface area contributed by atoms with Gasteiger partial charge in [-0.15, -0.1) is 10.2 Å². The van der Waals surface area contributed by atoms with Crippen LogP contribution in [0.5, 0.6) is 5.75 Å². The molecule has 0 aliphatic rings. The molecule has 2 N–H and O–H groups in total. The summed E-state index contributed by atoms with van der Waals surface area (Å²) >= 11 is 0. The molecule has 0 radical (unpaired) electrons. The summed E-state index contributed by atoms with van der Waals surface area (Å²) in [4.78, 5) is 0. The third kappa shape index (κ3) is 3.89. The molecular formula is C14H19N5O. The predicted molar refractivity (Wildman–Crippen MR) is 76.2 cm³/mol. The van der Waals surface area contributed by atoms with E-state index in [-0.39, 0.29) is 6.04 Å². The monoisotopic (exact) mass is 273 g/mol. The van der Waals surface area contributed by atoms with Crippen LogP contribution in [0, 0.1) is 0 Å². The Morgan fingerprint density at radius 2 is 2.25 bits per heavy atom. The minimum Gasteiger partial charge on any atom is -0.489 e. The maximum absolute atomic E-state index is 5.73. The summed E-state index contributed by atoms with van der Waals surface area (Å²) in [6.07, 6.45) is 0. The second-order valence-corrected chi connectivity index (χ2v) is 4.73. The molecule has 6 nitrogen and oxygen atoms in total. The minimum absolute atomic E-state index is 0.0166. The van der Waals surface area contributed by atoms with Crippen molar-refractivity contribution >= 4 is 0 Å². The highest BCUT2D eigenvalue weighted by molar-refractivity contribution is 5.33. The van der Waals surface area contributed by atoms with Gasteiger partial charge in [-0.1, -0.05) is 30.0 Å². The lowest BCUT2D eigenvalue weighted by molar-refractivity contribution is 0.346. The van der Waals surface area contributed by atoms with Crippen molar-refractivity contribution in [1.82, 2.24) is 25.9 Å². The van der Waals surface area contributed by atoms with Gasteiger partial charge in [0.2, 0.25) is 0 Å². The highest BCUT2D eigenvalue weighted by atomic mass is 16.5. The van der Waals surface area contributed by atoms with Crippen LogP contribution < -0.4 is 10.1 Å². The topological polar surface area (TPSA) is 75.7 Å². The third-order valence-electron chi connectivity index (χ3n) is 2.79. The van der Waals surface area contributed by atoms with Gasteiger partial charge in [0.05, 0.1) is 6.04 Å². The van der Waals surface area contributed by atoms with Crippen molar-refractivity contribution in [2.24, 2.45) is 0 Å². The number of H-pyrrole nitrogens is 1. The Balaban J connectivity index is 1.96. The van der Waals surface area contributed by atoms with Gasteiger partial charge in [-0.3, -0.25) is 0 Å². The van der Waals surface area contributed by atoms with Crippen LogP contribution in [0.1, 0.15) is 31.3 Å². The molecule has 0 aliphatic carbocycles. The first-order chi connectivity index (χ1) is 9.66. The Labute approximate surface area is 118 Å². The first-order valence-corrected chi connectivity index (χ1v) is 6.48. The average molecular weight is 273 g/mol. The molecule has 0 saturated heterocycles. The summed E-state index contributed by atoms with van der Waals surface area (Å²) in [5.74, 6) is 1.51. The molecule has 1 aromatic carbocycles. The number of rotatable bonds is 7. The van der Waals surface area contributed by atoms with Crippen molar-refractivity contribution in [2.45, 2.75) is 26.4 Å². The lowest BCUT2D eigenvalue weighted by Gasteiger charge is -2.14. The van der Waals surface area contributed by atoms with Gasteiger partial charge in [0, 0.05) is 12.1 Å². The number of tetrazole rings is 1. The Hall–Kier alpha value is -2.21. The molecule has 0 aliphatic heterocycles. The molecule has 0 amide bonds. The molecular weight excluding hydrogens is 254 g/mol. The van der Waals surface area contributed by atoms with Gasteiger partial charge in [-0.25, -0.2) is 0 Å². The summed E-state index contributed by atoms with van der Waals surface area (Å²) in [5.41, 5.74) is 2.08. The van der Waals surface area contributed by atoms with Gasteiger partial charge >= 0.3 is 0 Å². The molecule has 1 heterocycles. The van der Waals surface area contributed by atoms with Crippen LogP contribution in [0.15, 0.2) is 36.4 Å². The van der Waals surface area contributed by atoms with E-state index in [4.69, 9.17) is 4.74 Å². The maximum atomic E-state index is 5.73. The molecule has 0 saturated carbocycles. The zero-order valence-corrected chi connectivity index (χ0v) is 11.8. The minimum atomic E-state index is 0.0166.